The number of hydrogen-bond acceptors (Lipinski definition) is 4. The normalized spacial score (nSPS) is 19.0. The second kappa shape index (κ2) is 8.32. The van der Waals surface area contributed by atoms with Crippen molar-refractivity contribution in [1.82, 2.24) is 5.32 Å². The average molecular weight is 296 g/mol. The minimum Gasteiger partial charge on any atom is -0.383 e. The molecule has 1 fully saturated rings. The Morgan fingerprint density at radius 2 is 2.33 bits per heavy atom. The van der Waals surface area contributed by atoms with Crippen LogP contribution in [0.1, 0.15) is 18.9 Å². The molecule has 0 saturated carbocycles. The molecule has 0 amide bonds. The highest BCUT2D eigenvalue weighted by Crippen LogP contribution is 2.25. The van der Waals surface area contributed by atoms with Gasteiger partial charge in [-0.05, 0) is 18.6 Å². The Morgan fingerprint density at radius 3 is 3.10 bits per heavy atom. The quantitative estimate of drug-likeness (QED) is 0.782. The van der Waals surface area contributed by atoms with Crippen LogP contribution < -0.4 is 10.2 Å². The van der Waals surface area contributed by atoms with Gasteiger partial charge in [0.05, 0.1) is 19.3 Å². The average Bonchev–Trinajstić information content (AvgIpc) is 2.52. The lowest BCUT2D eigenvalue weighted by Gasteiger charge is -2.35. The van der Waals surface area contributed by atoms with E-state index in [1.165, 1.54) is 6.07 Å². The molecule has 118 valence electrons. The van der Waals surface area contributed by atoms with Crippen LogP contribution in [-0.2, 0) is 16.0 Å². The fraction of sp³-hybridized carbons (Fsp3) is 0.625. The van der Waals surface area contributed by atoms with E-state index in [-0.39, 0.29) is 11.9 Å². The van der Waals surface area contributed by atoms with Gasteiger partial charge >= 0.3 is 0 Å². The number of anilines is 1. The lowest BCUT2D eigenvalue weighted by molar-refractivity contribution is 0.0383. The first kappa shape index (κ1) is 16.2. The van der Waals surface area contributed by atoms with Crippen molar-refractivity contribution in [1.29, 1.82) is 0 Å². The first-order valence-electron chi connectivity index (χ1n) is 7.59. The fourth-order valence-corrected chi connectivity index (χ4v) is 2.59. The van der Waals surface area contributed by atoms with E-state index in [0.29, 0.717) is 26.3 Å². The second-order valence-electron chi connectivity index (χ2n) is 5.25. The van der Waals surface area contributed by atoms with E-state index >= 15 is 0 Å². The summed E-state index contributed by atoms with van der Waals surface area (Å²) in [6, 6.07) is 5.29. The van der Waals surface area contributed by atoms with Gasteiger partial charge in [0.15, 0.2) is 0 Å². The molecule has 0 aliphatic carbocycles. The molecule has 1 heterocycles. The van der Waals surface area contributed by atoms with E-state index in [9.17, 15) is 4.39 Å². The molecule has 0 aromatic heterocycles. The highest BCUT2D eigenvalue weighted by Gasteiger charge is 2.22. The van der Waals surface area contributed by atoms with Gasteiger partial charge in [0.1, 0.15) is 5.82 Å². The summed E-state index contributed by atoms with van der Waals surface area (Å²) in [6.07, 6.45) is 1.21. The molecule has 0 spiro atoms. The zero-order valence-electron chi connectivity index (χ0n) is 12.9. The maximum atomic E-state index is 14.2. The molecule has 1 saturated heterocycles. The lowest BCUT2D eigenvalue weighted by atomic mass is 10.1. The van der Waals surface area contributed by atoms with Gasteiger partial charge in [-0.25, -0.2) is 4.39 Å². The third-order valence-corrected chi connectivity index (χ3v) is 3.81. The van der Waals surface area contributed by atoms with Gasteiger partial charge in [0.2, 0.25) is 0 Å². The minimum absolute atomic E-state index is 0.156. The maximum Gasteiger partial charge on any atom is 0.129 e. The van der Waals surface area contributed by atoms with Gasteiger partial charge < -0.3 is 19.7 Å². The SMILES string of the molecule is CCC1CN(c2cccc(F)c2CNCCOC)CCO1. The van der Waals surface area contributed by atoms with Crippen LogP contribution in [-0.4, -0.2) is 46.1 Å². The number of nitrogens with zero attached hydrogens (tertiary/aromatic N) is 1. The molecule has 0 bridgehead atoms. The molecule has 1 atom stereocenters. The van der Waals surface area contributed by atoms with Crippen molar-refractivity contribution in [3.63, 3.8) is 0 Å². The number of nitrogens with one attached hydrogen (secondary N) is 1. The largest absolute Gasteiger partial charge is 0.383 e. The molecule has 5 heteroatoms. The molecular formula is C16H25FN2O2. The van der Waals surface area contributed by atoms with Crippen molar-refractivity contribution in [3.05, 3.63) is 29.6 Å². The molecule has 0 radical (unpaired) electrons. The Balaban J connectivity index is 2.08. The zero-order valence-corrected chi connectivity index (χ0v) is 12.9. The highest BCUT2D eigenvalue weighted by atomic mass is 19.1. The standard InChI is InChI=1S/C16H25FN2O2/c1-3-13-12-19(8-10-21-13)16-6-4-5-15(17)14(16)11-18-7-9-20-2/h4-6,13,18H,3,7-12H2,1-2H3. The van der Waals surface area contributed by atoms with E-state index in [0.717, 1.165) is 30.8 Å². The predicted molar refractivity (Wildman–Crippen MR) is 82.2 cm³/mol. The Morgan fingerprint density at radius 1 is 1.48 bits per heavy atom. The Kier molecular flexibility index (Phi) is 6.42. The van der Waals surface area contributed by atoms with Gasteiger partial charge in [0.25, 0.3) is 0 Å². The Hall–Kier alpha value is -1.17. The monoisotopic (exact) mass is 296 g/mol. The molecule has 1 aromatic carbocycles. The summed E-state index contributed by atoms with van der Waals surface area (Å²) in [4.78, 5) is 2.23. The third-order valence-electron chi connectivity index (χ3n) is 3.81. The number of ether oxygens (including phenoxy) is 2. The summed E-state index contributed by atoms with van der Waals surface area (Å²) >= 11 is 0. The van der Waals surface area contributed by atoms with E-state index in [1.54, 1.807) is 13.2 Å². The van der Waals surface area contributed by atoms with Gasteiger partial charge in [-0.2, -0.15) is 0 Å². The van der Waals surface area contributed by atoms with Gasteiger partial charge in [-0.15, -0.1) is 0 Å². The van der Waals surface area contributed by atoms with E-state index < -0.39 is 0 Å². The topological polar surface area (TPSA) is 33.7 Å². The van der Waals surface area contributed by atoms with Gasteiger partial charge in [0, 0.05) is 44.5 Å². The highest BCUT2D eigenvalue weighted by molar-refractivity contribution is 5.54. The van der Waals surface area contributed by atoms with Crippen LogP contribution in [0.15, 0.2) is 18.2 Å². The second-order valence-corrected chi connectivity index (χ2v) is 5.25. The van der Waals surface area contributed by atoms with Crippen molar-refractivity contribution in [2.24, 2.45) is 0 Å². The van der Waals surface area contributed by atoms with Crippen molar-refractivity contribution < 1.29 is 13.9 Å². The number of rotatable bonds is 7. The van der Waals surface area contributed by atoms with Gasteiger partial charge in [-0.1, -0.05) is 13.0 Å². The molecule has 1 aliphatic rings. The molecule has 1 unspecified atom stereocenters. The van der Waals surface area contributed by atoms with Crippen molar-refractivity contribution in [3.8, 4) is 0 Å². The molecule has 21 heavy (non-hydrogen) atoms. The van der Waals surface area contributed by atoms with Crippen LogP contribution in [0.4, 0.5) is 10.1 Å². The van der Waals surface area contributed by atoms with Crippen LogP contribution in [0.2, 0.25) is 0 Å². The number of hydrogen-bond donors (Lipinski definition) is 1. The molecule has 1 aromatic rings. The summed E-state index contributed by atoms with van der Waals surface area (Å²) in [5, 5.41) is 3.23. The van der Waals surface area contributed by atoms with E-state index in [4.69, 9.17) is 9.47 Å². The van der Waals surface area contributed by atoms with Crippen LogP contribution in [0.3, 0.4) is 0 Å². The fourth-order valence-electron chi connectivity index (χ4n) is 2.59. The van der Waals surface area contributed by atoms with Crippen molar-refractivity contribution in [2.75, 3.05) is 44.9 Å². The van der Waals surface area contributed by atoms with Crippen molar-refractivity contribution in [2.45, 2.75) is 26.0 Å². The zero-order chi connectivity index (χ0) is 15.1. The maximum absolute atomic E-state index is 14.2. The molecular weight excluding hydrogens is 271 g/mol. The third kappa shape index (κ3) is 4.40. The molecule has 4 nitrogen and oxygen atoms in total. The number of benzene rings is 1. The lowest BCUT2D eigenvalue weighted by Crippen LogP contribution is -2.42. The predicted octanol–water partition coefficient (Wildman–Crippen LogP) is 2.18. The van der Waals surface area contributed by atoms with E-state index in [1.807, 2.05) is 6.07 Å². The van der Waals surface area contributed by atoms with Gasteiger partial charge in [-0.3, -0.25) is 0 Å². The summed E-state index contributed by atoms with van der Waals surface area (Å²) in [7, 11) is 1.66. The Bertz CT molecular complexity index is 442. The number of halogens is 1. The number of methoxy groups -OCH3 is 1. The summed E-state index contributed by atoms with van der Waals surface area (Å²) in [6.45, 7) is 6.30. The first-order valence-corrected chi connectivity index (χ1v) is 7.59. The van der Waals surface area contributed by atoms with Crippen LogP contribution in [0.25, 0.3) is 0 Å². The summed E-state index contributed by atoms with van der Waals surface area (Å²) in [5.74, 6) is -0.156. The van der Waals surface area contributed by atoms with Crippen LogP contribution in [0.5, 0.6) is 0 Å². The summed E-state index contributed by atoms with van der Waals surface area (Å²) in [5.41, 5.74) is 1.70. The minimum atomic E-state index is -0.156. The molecule has 1 aliphatic heterocycles. The van der Waals surface area contributed by atoms with Crippen LogP contribution in [0, 0.1) is 5.82 Å². The summed E-state index contributed by atoms with van der Waals surface area (Å²) < 4.78 is 24.9. The molecule has 2 rings (SSSR count). The van der Waals surface area contributed by atoms with Crippen LogP contribution >= 0.6 is 0 Å². The van der Waals surface area contributed by atoms with E-state index in [2.05, 4.69) is 17.1 Å². The number of morpholine rings is 1. The smallest absolute Gasteiger partial charge is 0.129 e. The molecule has 1 N–H and O–H groups in total. The van der Waals surface area contributed by atoms with Crippen molar-refractivity contribution >= 4 is 5.69 Å². The Labute approximate surface area is 126 Å². The first-order chi connectivity index (χ1) is 10.3.